The number of benzene rings is 3. The van der Waals surface area contributed by atoms with Gasteiger partial charge in [-0.2, -0.15) is 0 Å². The molecule has 2 aromatic heterocycles. The van der Waals surface area contributed by atoms with Crippen molar-refractivity contribution < 1.29 is 24.2 Å². The van der Waals surface area contributed by atoms with E-state index in [4.69, 9.17) is 9.47 Å². The Hall–Kier alpha value is -5.30. The molecule has 1 fully saturated rings. The predicted molar refractivity (Wildman–Crippen MR) is 237 cm³/mol. The van der Waals surface area contributed by atoms with Crippen LogP contribution >= 0.6 is 0 Å². The molecule has 2 amide bonds. The number of hydrogen-bond acceptors (Lipinski definition) is 7. The van der Waals surface area contributed by atoms with Crippen LogP contribution in [0.5, 0.6) is 5.75 Å². The Kier molecular flexibility index (Phi) is 12.4. The Labute approximate surface area is 348 Å². The van der Waals surface area contributed by atoms with Gasteiger partial charge in [0, 0.05) is 66.6 Å². The lowest BCUT2D eigenvalue weighted by atomic mass is 9.82. The number of nitrogens with one attached hydrogen (secondary N) is 2. The Morgan fingerprint density at radius 1 is 1.08 bits per heavy atom. The minimum atomic E-state index is -2.40. The number of aryl methyl sites for hydroxylation is 1. The summed E-state index contributed by atoms with van der Waals surface area (Å²) in [6.07, 6.45) is 11.0. The number of carbonyl (C=O) groups excluding carboxylic acids is 2. The Morgan fingerprint density at radius 2 is 1.86 bits per heavy atom. The van der Waals surface area contributed by atoms with Crippen LogP contribution in [0.1, 0.15) is 63.8 Å². The monoisotopic (exact) mass is 814 g/mol. The van der Waals surface area contributed by atoms with Gasteiger partial charge in [-0.15, -0.1) is 5.10 Å². The zero-order chi connectivity index (χ0) is 41.9. The highest BCUT2D eigenvalue weighted by Gasteiger charge is 2.66. The SMILES string of the molecule is COc1ccc([Si](C)(C)[C@@H]2[C@@H](CCn3cc(CCO)nn3)O[C@]3(C(=O)N(C/C=C(\C)CCC=C(C)C)c4ccc(NC(=O)Cc5c[nH]c6ccccc56)cc43)[C@H]2C)cc1. The van der Waals surface area contributed by atoms with Crippen molar-refractivity contribution in [3.63, 3.8) is 0 Å². The van der Waals surface area contributed by atoms with E-state index in [2.05, 4.69) is 85.7 Å². The van der Waals surface area contributed by atoms with Crippen LogP contribution in [0.2, 0.25) is 18.6 Å². The topological polar surface area (TPSA) is 135 Å². The summed E-state index contributed by atoms with van der Waals surface area (Å²) < 4.78 is 14.7. The van der Waals surface area contributed by atoms with Crippen molar-refractivity contribution in [2.45, 2.75) is 96.7 Å². The summed E-state index contributed by atoms with van der Waals surface area (Å²) in [5, 5.41) is 23.5. The van der Waals surface area contributed by atoms with E-state index in [1.165, 1.54) is 16.3 Å². The van der Waals surface area contributed by atoms with Crippen LogP contribution in [0, 0.1) is 5.92 Å². The molecule has 5 aromatic rings. The van der Waals surface area contributed by atoms with Crippen molar-refractivity contribution in [1.29, 1.82) is 0 Å². The summed E-state index contributed by atoms with van der Waals surface area (Å²) in [4.78, 5) is 34.2. The molecule has 2 aliphatic rings. The van der Waals surface area contributed by atoms with E-state index >= 15 is 4.79 Å². The number of allylic oxidation sites excluding steroid dienone is 3. The van der Waals surface area contributed by atoms with Crippen LogP contribution in [0.4, 0.5) is 11.4 Å². The minimum absolute atomic E-state index is 0.00184. The second kappa shape index (κ2) is 17.5. The Morgan fingerprint density at radius 3 is 2.61 bits per heavy atom. The maximum Gasteiger partial charge on any atom is 0.264 e. The highest BCUT2D eigenvalue weighted by atomic mass is 28.3. The molecule has 12 heteroatoms. The van der Waals surface area contributed by atoms with Gasteiger partial charge < -0.3 is 29.8 Å². The number of ether oxygens (including phenoxy) is 2. The molecule has 4 atom stereocenters. The minimum Gasteiger partial charge on any atom is -0.497 e. The van der Waals surface area contributed by atoms with E-state index in [1.54, 1.807) is 7.11 Å². The van der Waals surface area contributed by atoms with Crippen LogP contribution in [-0.2, 0) is 39.3 Å². The third-order valence-corrected chi connectivity index (χ3v) is 16.8. The average molecular weight is 815 g/mol. The summed E-state index contributed by atoms with van der Waals surface area (Å²) in [6.45, 7) is 14.2. The molecule has 310 valence electrons. The van der Waals surface area contributed by atoms with Crippen LogP contribution in [0.25, 0.3) is 10.9 Å². The molecular formula is C47H58N6O5Si. The number of aromatic amines is 1. The highest BCUT2D eigenvalue weighted by Crippen LogP contribution is 2.60. The van der Waals surface area contributed by atoms with E-state index in [1.807, 2.05) is 76.6 Å². The van der Waals surface area contributed by atoms with Crippen LogP contribution in [0.3, 0.4) is 0 Å². The zero-order valence-corrected chi connectivity index (χ0v) is 36.4. The Bertz CT molecular complexity index is 2360. The lowest BCUT2D eigenvalue weighted by Crippen LogP contribution is -2.52. The molecular weight excluding hydrogens is 757 g/mol. The van der Waals surface area contributed by atoms with E-state index in [-0.39, 0.29) is 42.4 Å². The number of para-hydroxylation sites is 1. The predicted octanol–water partition coefficient (Wildman–Crippen LogP) is 7.83. The number of nitrogens with zero attached hydrogens (tertiary/aromatic N) is 4. The number of H-pyrrole nitrogens is 1. The number of aliphatic hydroxyl groups excluding tert-OH is 1. The fraction of sp³-hybridized carbons (Fsp3) is 0.404. The van der Waals surface area contributed by atoms with Gasteiger partial charge in [0.05, 0.1) is 39.1 Å². The number of fused-ring (bicyclic) bond motifs is 3. The van der Waals surface area contributed by atoms with Crippen molar-refractivity contribution in [3.05, 3.63) is 119 Å². The van der Waals surface area contributed by atoms with Crippen molar-refractivity contribution >= 4 is 47.4 Å². The van der Waals surface area contributed by atoms with Crippen LogP contribution in [-0.4, -0.2) is 71.3 Å². The fourth-order valence-electron chi connectivity index (χ4n) is 9.37. The van der Waals surface area contributed by atoms with Crippen molar-refractivity contribution in [2.75, 3.05) is 30.5 Å². The lowest BCUT2D eigenvalue weighted by molar-refractivity contribution is -0.145. The maximum atomic E-state index is 15.4. The molecule has 1 spiro atoms. The second-order valence-electron chi connectivity index (χ2n) is 17.0. The van der Waals surface area contributed by atoms with Gasteiger partial charge in [-0.3, -0.25) is 14.3 Å². The van der Waals surface area contributed by atoms with Gasteiger partial charge in [0.25, 0.3) is 5.91 Å². The molecule has 0 saturated carbocycles. The molecule has 59 heavy (non-hydrogen) atoms. The van der Waals surface area contributed by atoms with Crippen molar-refractivity contribution in [1.82, 2.24) is 20.0 Å². The van der Waals surface area contributed by atoms with Gasteiger partial charge in [0.2, 0.25) is 5.91 Å². The number of aromatic nitrogens is 4. The Balaban J connectivity index is 1.27. The van der Waals surface area contributed by atoms with E-state index in [0.717, 1.165) is 52.0 Å². The largest absolute Gasteiger partial charge is 0.497 e. The number of aliphatic hydroxyl groups is 1. The number of carbonyl (C=O) groups is 2. The number of rotatable bonds is 16. The molecule has 3 aromatic carbocycles. The first-order chi connectivity index (χ1) is 28.3. The smallest absolute Gasteiger partial charge is 0.264 e. The molecule has 0 radical (unpaired) electrons. The number of methoxy groups -OCH3 is 1. The van der Waals surface area contributed by atoms with Gasteiger partial charge in [-0.25, -0.2) is 0 Å². The quantitative estimate of drug-likeness (QED) is 0.0683. The van der Waals surface area contributed by atoms with Crippen LogP contribution < -0.4 is 20.1 Å². The first-order valence-electron chi connectivity index (χ1n) is 20.8. The summed E-state index contributed by atoms with van der Waals surface area (Å²) in [7, 11) is -0.725. The number of anilines is 2. The zero-order valence-electron chi connectivity index (χ0n) is 35.4. The first-order valence-corrected chi connectivity index (χ1v) is 23.9. The number of hydrogen-bond donors (Lipinski definition) is 3. The summed E-state index contributed by atoms with van der Waals surface area (Å²) in [6, 6.07) is 22.2. The molecule has 3 N–H and O–H groups in total. The third-order valence-electron chi connectivity index (χ3n) is 12.5. The van der Waals surface area contributed by atoms with Crippen molar-refractivity contribution in [2.24, 2.45) is 5.92 Å². The molecule has 7 rings (SSSR count). The normalized spacial score (nSPS) is 20.4. The van der Waals surface area contributed by atoms with Gasteiger partial charge in [0.15, 0.2) is 5.60 Å². The maximum absolute atomic E-state index is 15.4. The van der Waals surface area contributed by atoms with Gasteiger partial charge >= 0.3 is 0 Å². The van der Waals surface area contributed by atoms with Gasteiger partial charge in [-0.05, 0) is 87.5 Å². The molecule has 0 bridgehead atoms. The average Bonchev–Trinajstić information content (AvgIpc) is 3.97. The molecule has 0 aliphatic carbocycles. The molecule has 0 unspecified atom stereocenters. The molecule has 4 heterocycles. The lowest BCUT2D eigenvalue weighted by Gasteiger charge is -2.37. The second-order valence-corrected chi connectivity index (χ2v) is 21.7. The van der Waals surface area contributed by atoms with Gasteiger partial charge in [-0.1, -0.05) is 84.0 Å². The summed E-state index contributed by atoms with van der Waals surface area (Å²) in [5.74, 6) is 0.366. The third kappa shape index (κ3) is 8.44. The first kappa shape index (κ1) is 41.8. The van der Waals surface area contributed by atoms with E-state index in [0.29, 0.717) is 31.6 Å². The summed E-state index contributed by atoms with van der Waals surface area (Å²) >= 11 is 0. The molecule has 1 saturated heterocycles. The van der Waals surface area contributed by atoms with Crippen molar-refractivity contribution in [3.8, 4) is 5.75 Å². The molecule has 11 nitrogen and oxygen atoms in total. The van der Waals surface area contributed by atoms with Gasteiger partial charge in [0.1, 0.15) is 5.75 Å². The van der Waals surface area contributed by atoms with Crippen LogP contribution in [0.15, 0.2) is 102 Å². The fourth-order valence-corrected chi connectivity index (χ4v) is 13.4. The number of amides is 2. The molecule has 2 aliphatic heterocycles. The highest BCUT2D eigenvalue weighted by molar-refractivity contribution is 6.91. The van der Waals surface area contributed by atoms with E-state index < -0.39 is 13.7 Å². The standard InChI is InChI=1S/C47H58N6O5Si/c1-31(2)11-10-12-32(3)21-25-53-42-20-15-35(49-44(55)27-34-29-48-41-14-9-8-13-39(34)41)28-40(42)47(46(53)56)33(4)45(59(6,7)38-18-16-37(57-5)17-19-38)43(58-47)22-24-52-30-36(23-26-54)50-51-52/h8-9,11,13-21,28-30,33,43,45,48,54H,10,12,22-27H2,1-7H3,(H,49,55)/b32-21+/t33-,43+,45-,47+/m0/s1. The van der Waals surface area contributed by atoms with E-state index in [9.17, 15) is 9.90 Å². The summed E-state index contributed by atoms with van der Waals surface area (Å²) in [5.41, 5.74) is 6.10.